The van der Waals surface area contributed by atoms with Crippen molar-refractivity contribution in [1.29, 1.82) is 0 Å². The van der Waals surface area contributed by atoms with Crippen molar-refractivity contribution in [2.75, 3.05) is 13.1 Å². The molecular formula is C19H23N5O. The Labute approximate surface area is 147 Å². The van der Waals surface area contributed by atoms with Crippen molar-refractivity contribution < 1.29 is 4.52 Å². The van der Waals surface area contributed by atoms with Gasteiger partial charge in [0.25, 0.3) is 0 Å². The summed E-state index contributed by atoms with van der Waals surface area (Å²) in [7, 11) is 0. The van der Waals surface area contributed by atoms with Crippen LogP contribution in [-0.2, 0) is 6.54 Å². The lowest BCUT2D eigenvalue weighted by molar-refractivity contribution is 0.194. The molecule has 0 unspecified atom stereocenters. The number of nitrogens with zero attached hydrogens (tertiary/aromatic N) is 4. The lowest BCUT2D eigenvalue weighted by Crippen LogP contribution is -2.34. The summed E-state index contributed by atoms with van der Waals surface area (Å²) in [5.74, 6) is 2.35. The Hall–Kier alpha value is -2.47. The number of aromatic nitrogens is 4. The summed E-state index contributed by atoms with van der Waals surface area (Å²) in [5.41, 5.74) is 4.21. The van der Waals surface area contributed by atoms with Gasteiger partial charge in [0.2, 0.25) is 0 Å². The minimum absolute atomic E-state index is 0.474. The maximum atomic E-state index is 5.27. The molecule has 1 N–H and O–H groups in total. The van der Waals surface area contributed by atoms with Crippen LogP contribution in [0.3, 0.4) is 0 Å². The van der Waals surface area contributed by atoms with Gasteiger partial charge in [0.05, 0.1) is 12.2 Å². The van der Waals surface area contributed by atoms with Gasteiger partial charge in [0.1, 0.15) is 11.6 Å². The van der Waals surface area contributed by atoms with Gasteiger partial charge < -0.3 is 9.51 Å². The minimum Gasteiger partial charge on any atom is -0.361 e. The Kier molecular flexibility index (Phi) is 4.36. The van der Waals surface area contributed by atoms with Crippen molar-refractivity contribution in [2.45, 2.75) is 39.2 Å². The predicted octanol–water partition coefficient (Wildman–Crippen LogP) is 3.46. The number of nitrogens with one attached hydrogen (secondary N) is 1. The number of likely N-dealkylation sites (tertiary alicyclic amines) is 1. The van der Waals surface area contributed by atoms with Crippen molar-refractivity contribution in [3.05, 3.63) is 53.7 Å². The van der Waals surface area contributed by atoms with E-state index in [0.717, 1.165) is 48.0 Å². The van der Waals surface area contributed by atoms with E-state index in [4.69, 9.17) is 9.51 Å². The molecule has 0 amide bonds. The molecule has 1 atom stereocenters. The molecule has 4 rings (SSSR count). The van der Waals surface area contributed by atoms with Crippen LogP contribution in [0.15, 0.2) is 35.2 Å². The number of aromatic amines is 1. The first kappa shape index (κ1) is 16.0. The molecule has 3 aromatic rings. The molecule has 6 heteroatoms. The smallest absolute Gasteiger partial charge is 0.141 e. The van der Waals surface area contributed by atoms with Crippen LogP contribution in [0.2, 0.25) is 0 Å². The van der Waals surface area contributed by atoms with Crippen molar-refractivity contribution >= 4 is 0 Å². The number of rotatable bonds is 4. The zero-order chi connectivity index (χ0) is 17.2. The summed E-state index contributed by atoms with van der Waals surface area (Å²) in [6.07, 6.45) is 8.02. The third-order valence-electron chi connectivity index (χ3n) is 4.96. The Bertz CT molecular complexity index is 803. The minimum atomic E-state index is 0.474. The lowest BCUT2D eigenvalue weighted by atomic mass is 9.93. The maximum absolute atomic E-state index is 5.27. The molecule has 130 valence electrons. The molecule has 4 heterocycles. The van der Waals surface area contributed by atoms with Crippen LogP contribution in [-0.4, -0.2) is 38.1 Å². The molecule has 1 aliphatic rings. The van der Waals surface area contributed by atoms with Gasteiger partial charge in [0.15, 0.2) is 0 Å². The first-order valence-corrected chi connectivity index (χ1v) is 8.80. The summed E-state index contributed by atoms with van der Waals surface area (Å²) in [6, 6.07) is 4.29. The number of aryl methyl sites for hydroxylation is 2. The van der Waals surface area contributed by atoms with Crippen LogP contribution >= 0.6 is 0 Å². The van der Waals surface area contributed by atoms with E-state index in [9.17, 15) is 0 Å². The van der Waals surface area contributed by atoms with Gasteiger partial charge in [-0.3, -0.25) is 9.88 Å². The number of hydrogen-bond donors (Lipinski definition) is 1. The molecule has 1 saturated heterocycles. The first-order chi connectivity index (χ1) is 12.2. The second-order valence-electron chi connectivity index (χ2n) is 6.78. The van der Waals surface area contributed by atoms with Gasteiger partial charge in [-0.2, -0.15) is 0 Å². The summed E-state index contributed by atoms with van der Waals surface area (Å²) in [6.45, 7) is 6.93. The third-order valence-corrected chi connectivity index (χ3v) is 4.96. The fraction of sp³-hybridized carbons (Fsp3) is 0.421. The molecule has 1 fully saturated rings. The fourth-order valence-electron chi connectivity index (χ4n) is 3.73. The van der Waals surface area contributed by atoms with Gasteiger partial charge in [-0.1, -0.05) is 11.2 Å². The second-order valence-corrected chi connectivity index (χ2v) is 6.78. The highest BCUT2D eigenvalue weighted by molar-refractivity contribution is 5.66. The molecule has 0 aromatic carbocycles. The van der Waals surface area contributed by atoms with Crippen LogP contribution in [0.25, 0.3) is 11.1 Å². The number of hydrogen-bond acceptors (Lipinski definition) is 5. The summed E-state index contributed by atoms with van der Waals surface area (Å²) in [4.78, 5) is 14.7. The van der Waals surface area contributed by atoms with E-state index in [1.165, 1.54) is 18.5 Å². The van der Waals surface area contributed by atoms with Crippen molar-refractivity contribution in [1.82, 2.24) is 25.0 Å². The molecule has 0 radical (unpaired) electrons. The van der Waals surface area contributed by atoms with Gasteiger partial charge in [0, 0.05) is 47.9 Å². The second kappa shape index (κ2) is 6.80. The quantitative estimate of drug-likeness (QED) is 0.789. The largest absolute Gasteiger partial charge is 0.361 e. The van der Waals surface area contributed by atoms with Crippen LogP contribution in [0.4, 0.5) is 0 Å². The van der Waals surface area contributed by atoms with E-state index in [0.29, 0.717) is 5.92 Å². The highest BCUT2D eigenvalue weighted by Gasteiger charge is 2.23. The average Bonchev–Trinajstić information content (AvgIpc) is 3.25. The zero-order valence-electron chi connectivity index (χ0n) is 14.7. The van der Waals surface area contributed by atoms with Crippen molar-refractivity contribution in [3.8, 4) is 11.1 Å². The number of pyridine rings is 1. The summed E-state index contributed by atoms with van der Waals surface area (Å²) >= 11 is 0. The zero-order valence-corrected chi connectivity index (χ0v) is 14.7. The molecule has 6 nitrogen and oxygen atoms in total. The summed E-state index contributed by atoms with van der Waals surface area (Å²) in [5, 5.41) is 4.03. The molecular weight excluding hydrogens is 314 g/mol. The Morgan fingerprint density at radius 3 is 2.88 bits per heavy atom. The standard InChI is InChI=1S/C19H23N5O/c1-13-19(14(2)25-23-13)15-5-6-17(22-10-15)16-4-3-9-24(11-16)12-18-20-7-8-21-18/h5-8,10,16H,3-4,9,11-12H2,1-2H3,(H,20,21)/t16-/m0/s1. The number of imidazole rings is 1. The van der Waals surface area contributed by atoms with E-state index < -0.39 is 0 Å². The third kappa shape index (κ3) is 3.35. The van der Waals surface area contributed by atoms with Gasteiger partial charge >= 0.3 is 0 Å². The fourth-order valence-corrected chi connectivity index (χ4v) is 3.73. The average molecular weight is 337 g/mol. The van der Waals surface area contributed by atoms with E-state index in [-0.39, 0.29) is 0 Å². The van der Waals surface area contributed by atoms with Crippen LogP contribution in [0.1, 0.15) is 41.7 Å². The van der Waals surface area contributed by atoms with Crippen LogP contribution < -0.4 is 0 Å². The van der Waals surface area contributed by atoms with E-state index in [2.05, 4.69) is 32.2 Å². The normalized spacial score (nSPS) is 18.6. The topological polar surface area (TPSA) is 70.8 Å². The summed E-state index contributed by atoms with van der Waals surface area (Å²) < 4.78 is 5.27. The molecule has 0 saturated carbocycles. The molecule has 0 bridgehead atoms. The SMILES string of the molecule is Cc1noc(C)c1-c1ccc([C@H]2CCCN(Cc3ncc[nH]3)C2)nc1. The van der Waals surface area contributed by atoms with Gasteiger partial charge in [-0.25, -0.2) is 4.98 Å². The number of H-pyrrole nitrogens is 1. The first-order valence-electron chi connectivity index (χ1n) is 8.80. The van der Waals surface area contributed by atoms with Crippen molar-refractivity contribution in [3.63, 3.8) is 0 Å². The Morgan fingerprint density at radius 1 is 1.28 bits per heavy atom. The van der Waals surface area contributed by atoms with Gasteiger partial charge in [-0.15, -0.1) is 0 Å². The molecule has 25 heavy (non-hydrogen) atoms. The molecule has 0 aliphatic carbocycles. The highest BCUT2D eigenvalue weighted by atomic mass is 16.5. The van der Waals surface area contributed by atoms with Crippen LogP contribution in [0.5, 0.6) is 0 Å². The maximum Gasteiger partial charge on any atom is 0.141 e. The van der Waals surface area contributed by atoms with Crippen LogP contribution in [0, 0.1) is 13.8 Å². The molecule has 0 spiro atoms. The highest BCUT2D eigenvalue weighted by Crippen LogP contribution is 2.30. The van der Waals surface area contributed by atoms with E-state index >= 15 is 0 Å². The molecule has 1 aliphatic heterocycles. The lowest BCUT2D eigenvalue weighted by Gasteiger charge is -2.31. The van der Waals surface area contributed by atoms with E-state index in [1.807, 2.05) is 32.4 Å². The monoisotopic (exact) mass is 337 g/mol. The number of piperidine rings is 1. The molecule has 3 aromatic heterocycles. The predicted molar refractivity (Wildman–Crippen MR) is 95.0 cm³/mol. The Balaban J connectivity index is 1.48. The van der Waals surface area contributed by atoms with Crippen molar-refractivity contribution in [2.24, 2.45) is 0 Å². The van der Waals surface area contributed by atoms with Gasteiger partial charge in [-0.05, 0) is 39.3 Å². The van der Waals surface area contributed by atoms with E-state index in [1.54, 1.807) is 0 Å². The Morgan fingerprint density at radius 2 is 2.20 bits per heavy atom.